The SMILES string of the molecule is C=C(C)c1cc(C)c(N(C)C)c(NC)c1. The summed E-state index contributed by atoms with van der Waals surface area (Å²) >= 11 is 0. The molecule has 2 nitrogen and oxygen atoms in total. The maximum Gasteiger partial charge on any atom is 0.0626 e. The van der Waals surface area contributed by atoms with Crippen LogP contribution in [0.1, 0.15) is 18.1 Å². The Hall–Kier alpha value is -1.44. The molecule has 0 heterocycles. The minimum Gasteiger partial charge on any atom is -0.386 e. The van der Waals surface area contributed by atoms with Crippen molar-refractivity contribution in [2.24, 2.45) is 0 Å². The lowest BCUT2D eigenvalue weighted by Crippen LogP contribution is -2.13. The van der Waals surface area contributed by atoms with E-state index in [1.54, 1.807) is 0 Å². The van der Waals surface area contributed by atoms with Crippen LogP contribution in [0.2, 0.25) is 0 Å². The molecule has 0 saturated carbocycles. The van der Waals surface area contributed by atoms with Crippen LogP contribution >= 0.6 is 0 Å². The molecule has 82 valence electrons. The van der Waals surface area contributed by atoms with E-state index in [2.05, 4.69) is 49.9 Å². The van der Waals surface area contributed by atoms with Gasteiger partial charge in [0.05, 0.1) is 11.4 Å². The molecule has 0 saturated heterocycles. The summed E-state index contributed by atoms with van der Waals surface area (Å²) in [5.41, 5.74) is 5.95. The Balaban J connectivity index is 3.37. The fourth-order valence-electron chi connectivity index (χ4n) is 1.81. The van der Waals surface area contributed by atoms with Crippen molar-refractivity contribution in [3.05, 3.63) is 29.8 Å². The van der Waals surface area contributed by atoms with Gasteiger partial charge in [-0.25, -0.2) is 0 Å². The summed E-state index contributed by atoms with van der Waals surface area (Å²) in [6.07, 6.45) is 0. The molecule has 1 rings (SSSR count). The van der Waals surface area contributed by atoms with Crippen LogP contribution in [-0.2, 0) is 0 Å². The average molecular weight is 204 g/mol. The van der Waals surface area contributed by atoms with Gasteiger partial charge in [0.15, 0.2) is 0 Å². The predicted molar refractivity (Wildman–Crippen MR) is 69.8 cm³/mol. The maximum absolute atomic E-state index is 3.98. The third-order valence-corrected chi connectivity index (χ3v) is 2.51. The summed E-state index contributed by atoms with van der Waals surface area (Å²) in [6, 6.07) is 4.32. The van der Waals surface area contributed by atoms with Crippen molar-refractivity contribution in [2.45, 2.75) is 13.8 Å². The molecular formula is C13H20N2. The number of hydrogen-bond acceptors (Lipinski definition) is 2. The first kappa shape index (κ1) is 11.6. The van der Waals surface area contributed by atoms with E-state index in [-0.39, 0.29) is 0 Å². The van der Waals surface area contributed by atoms with Crippen LogP contribution in [0.5, 0.6) is 0 Å². The molecule has 0 aliphatic heterocycles. The van der Waals surface area contributed by atoms with Gasteiger partial charge in [0.2, 0.25) is 0 Å². The Morgan fingerprint density at radius 3 is 2.33 bits per heavy atom. The lowest BCUT2D eigenvalue weighted by Gasteiger charge is -2.21. The van der Waals surface area contributed by atoms with Crippen LogP contribution in [0, 0.1) is 6.92 Å². The molecule has 0 amide bonds. The fourth-order valence-corrected chi connectivity index (χ4v) is 1.81. The van der Waals surface area contributed by atoms with Crippen LogP contribution in [0.4, 0.5) is 11.4 Å². The number of allylic oxidation sites excluding steroid dienone is 1. The number of nitrogens with one attached hydrogen (secondary N) is 1. The number of rotatable bonds is 3. The normalized spacial score (nSPS) is 9.93. The Bertz CT molecular complexity index is 378. The van der Waals surface area contributed by atoms with E-state index >= 15 is 0 Å². The Labute approximate surface area is 92.6 Å². The molecule has 0 aliphatic rings. The van der Waals surface area contributed by atoms with E-state index in [4.69, 9.17) is 0 Å². The Morgan fingerprint density at radius 2 is 1.93 bits per heavy atom. The summed E-state index contributed by atoms with van der Waals surface area (Å²) in [6.45, 7) is 8.13. The van der Waals surface area contributed by atoms with Crippen molar-refractivity contribution < 1.29 is 0 Å². The standard InChI is InChI=1S/C13H20N2/c1-9(2)11-7-10(3)13(15(5)6)12(8-11)14-4/h7-8,14H,1H2,2-6H3. The van der Waals surface area contributed by atoms with Gasteiger partial charge in [-0.3, -0.25) is 0 Å². The lowest BCUT2D eigenvalue weighted by molar-refractivity contribution is 1.11. The first-order chi connectivity index (χ1) is 6.97. The van der Waals surface area contributed by atoms with Crippen LogP contribution in [0.25, 0.3) is 5.57 Å². The largest absolute Gasteiger partial charge is 0.386 e. The molecule has 0 atom stereocenters. The molecule has 0 fully saturated rings. The zero-order valence-corrected chi connectivity index (χ0v) is 10.3. The third kappa shape index (κ3) is 2.32. The Morgan fingerprint density at radius 1 is 1.33 bits per heavy atom. The molecule has 0 aliphatic carbocycles. The molecule has 1 aromatic rings. The highest BCUT2D eigenvalue weighted by Gasteiger charge is 2.09. The second kappa shape index (κ2) is 4.39. The molecule has 0 radical (unpaired) electrons. The highest BCUT2D eigenvalue weighted by molar-refractivity contribution is 5.78. The number of anilines is 2. The number of benzene rings is 1. The van der Waals surface area contributed by atoms with Gasteiger partial charge in [-0.05, 0) is 37.1 Å². The summed E-state index contributed by atoms with van der Waals surface area (Å²) < 4.78 is 0. The molecule has 1 N–H and O–H groups in total. The second-order valence-electron chi connectivity index (χ2n) is 4.11. The van der Waals surface area contributed by atoms with Crippen molar-refractivity contribution in [1.82, 2.24) is 0 Å². The quantitative estimate of drug-likeness (QED) is 0.813. The van der Waals surface area contributed by atoms with Crippen molar-refractivity contribution in [1.29, 1.82) is 0 Å². The van der Waals surface area contributed by atoms with Gasteiger partial charge in [-0.2, -0.15) is 0 Å². The van der Waals surface area contributed by atoms with E-state index in [0.717, 1.165) is 11.3 Å². The van der Waals surface area contributed by atoms with Crippen molar-refractivity contribution in [2.75, 3.05) is 31.4 Å². The summed E-state index contributed by atoms with van der Waals surface area (Å²) in [7, 11) is 6.07. The summed E-state index contributed by atoms with van der Waals surface area (Å²) in [5, 5.41) is 3.23. The van der Waals surface area contributed by atoms with Crippen LogP contribution in [0.15, 0.2) is 18.7 Å². The smallest absolute Gasteiger partial charge is 0.0626 e. The Kier molecular flexibility index (Phi) is 3.40. The molecule has 0 unspecified atom stereocenters. The van der Waals surface area contributed by atoms with E-state index < -0.39 is 0 Å². The molecule has 2 heteroatoms. The number of hydrogen-bond donors (Lipinski definition) is 1. The average Bonchev–Trinajstić information content (AvgIpc) is 2.15. The van der Waals surface area contributed by atoms with Gasteiger partial charge in [0, 0.05) is 21.1 Å². The van der Waals surface area contributed by atoms with Gasteiger partial charge in [0.1, 0.15) is 0 Å². The van der Waals surface area contributed by atoms with Crippen molar-refractivity contribution >= 4 is 16.9 Å². The molecular weight excluding hydrogens is 184 g/mol. The van der Waals surface area contributed by atoms with E-state index in [0.29, 0.717) is 0 Å². The molecule has 0 spiro atoms. The van der Waals surface area contributed by atoms with Crippen LogP contribution < -0.4 is 10.2 Å². The minimum atomic E-state index is 1.10. The van der Waals surface area contributed by atoms with Gasteiger partial charge in [-0.1, -0.05) is 12.2 Å². The van der Waals surface area contributed by atoms with Crippen molar-refractivity contribution in [3.63, 3.8) is 0 Å². The summed E-state index contributed by atoms with van der Waals surface area (Å²) in [5.74, 6) is 0. The molecule has 1 aromatic carbocycles. The summed E-state index contributed by atoms with van der Waals surface area (Å²) in [4.78, 5) is 2.13. The first-order valence-corrected chi connectivity index (χ1v) is 5.13. The third-order valence-electron chi connectivity index (χ3n) is 2.51. The first-order valence-electron chi connectivity index (χ1n) is 5.13. The fraction of sp³-hybridized carbons (Fsp3) is 0.385. The van der Waals surface area contributed by atoms with E-state index in [9.17, 15) is 0 Å². The lowest BCUT2D eigenvalue weighted by atomic mass is 10.0. The van der Waals surface area contributed by atoms with E-state index in [1.165, 1.54) is 16.8 Å². The highest BCUT2D eigenvalue weighted by Crippen LogP contribution is 2.31. The van der Waals surface area contributed by atoms with Gasteiger partial charge in [-0.15, -0.1) is 0 Å². The van der Waals surface area contributed by atoms with Crippen molar-refractivity contribution in [3.8, 4) is 0 Å². The highest BCUT2D eigenvalue weighted by atomic mass is 15.1. The zero-order chi connectivity index (χ0) is 11.6. The minimum absolute atomic E-state index is 1.10. The zero-order valence-electron chi connectivity index (χ0n) is 10.3. The number of nitrogens with zero attached hydrogens (tertiary/aromatic N) is 1. The maximum atomic E-state index is 3.98. The molecule has 0 aromatic heterocycles. The number of aryl methyl sites for hydroxylation is 1. The van der Waals surface area contributed by atoms with Crippen LogP contribution in [-0.4, -0.2) is 21.1 Å². The molecule has 0 bridgehead atoms. The van der Waals surface area contributed by atoms with Gasteiger partial charge in [0.25, 0.3) is 0 Å². The predicted octanol–water partition coefficient (Wildman–Crippen LogP) is 3.14. The molecule has 15 heavy (non-hydrogen) atoms. The van der Waals surface area contributed by atoms with Gasteiger partial charge < -0.3 is 10.2 Å². The van der Waals surface area contributed by atoms with Gasteiger partial charge >= 0.3 is 0 Å². The second-order valence-corrected chi connectivity index (χ2v) is 4.11. The monoisotopic (exact) mass is 204 g/mol. The van der Waals surface area contributed by atoms with Crippen LogP contribution in [0.3, 0.4) is 0 Å². The topological polar surface area (TPSA) is 15.3 Å². The van der Waals surface area contributed by atoms with E-state index in [1.807, 2.05) is 14.0 Å².